The van der Waals surface area contributed by atoms with Gasteiger partial charge >= 0.3 is 0 Å². The quantitative estimate of drug-likeness (QED) is 0.437. The lowest BCUT2D eigenvalue weighted by Gasteiger charge is -2.03. The van der Waals surface area contributed by atoms with E-state index in [1.807, 2.05) is 0 Å². The maximum atomic E-state index is 8.38. The Morgan fingerprint density at radius 2 is 2.50 bits per heavy atom. The smallest absolute Gasteiger partial charge is 0.180 e. The molecule has 1 rings (SSSR count). The van der Waals surface area contributed by atoms with Crippen LogP contribution >= 0.6 is 0 Å². The molecule has 0 saturated carbocycles. The summed E-state index contributed by atoms with van der Waals surface area (Å²) < 4.78 is 9.63. The Labute approximate surface area is 49.0 Å². The molecule has 0 aromatic rings. The van der Waals surface area contributed by atoms with E-state index in [1.165, 1.54) is 0 Å². The number of ether oxygens (including phenoxy) is 2. The second-order valence-electron chi connectivity index (χ2n) is 1.62. The molecule has 3 nitrogen and oxygen atoms in total. The lowest BCUT2D eigenvalue weighted by atomic mass is 10.0. The van der Waals surface area contributed by atoms with Gasteiger partial charge in [0.15, 0.2) is 6.29 Å². The van der Waals surface area contributed by atoms with Crippen LogP contribution in [0.3, 0.4) is 0 Å². The third-order valence-electron chi connectivity index (χ3n) is 0.922. The van der Waals surface area contributed by atoms with E-state index in [-0.39, 0.29) is 12.6 Å². The van der Waals surface area contributed by atoms with Gasteiger partial charge in [-0.2, -0.15) is 0 Å². The van der Waals surface area contributed by atoms with Gasteiger partial charge in [-0.1, -0.05) is 0 Å². The first-order valence-corrected chi connectivity index (χ1v) is 2.46. The van der Waals surface area contributed by atoms with E-state index in [4.69, 9.17) is 22.4 Å². The first-order chi connectivity index (χ1) is 3.83. The summed E-state index contributed by atoms with van der Waals surface area (Å²) in [6.07, 6.45) is -0.495. The summed E-state index contributed by atoms with van der Waals surface area (Å²) in [7, 11) is 5.24. The van der Waals surface area contributed by atoms with Crippen LogP contribution in [-0.4, -0.2) is 38.5 Å². The lowest BCUT2D eigenvalue weighted by Crippen LogP contribution is -2.15. The van der Waals surface area contributed by atoms with E-state index in [2.05, 4.69) is 0 Å². The molecule has 1 unspecified atom stereocenters. The number of hydrogen-bond acceptors (Lipinski definition) is 3. The first-order valence-electron chi connectivity index (χ1n) is 2.46. The lowest BCUT2D eigenvalue weighted by molar-refractivity contribution is -0.0789. The van der Waals surface area contributed by atoms with E-state index in [0.29, 0.717) is 6.61 Å². The summed E-state index contributed by atoms with van der Waals surface area (Å²) in [5.74, 6) is 0. The molecule has 44 valence electrons. The molecule has 0 bridgehead atoms. The minimum atomic E-state index is -0.495. The third-order valence-corrected chi connectivity index (χ3v) is 0.922. The average Bonchev–Trinajstić information content (AvgIpc) is 2.14. The monoisotopic (exact) mass is 114 g/mol. The average molecular weight is 114 g/mol. The number of rotatable bonds is 1. The van der Waals surface area contributed by atoms with Crippen molar-refractivity contribution in [1.29, 1.82) is 0 Å². The molecule has 0 spiro atoms. The molecule has 2 atom stereocenters. The Balaban J connectivity index is 2.22. The molecule has 1 heterocycles. The third kappa shape index (κ3) is 1.21. The zero-order valence-electron chi connectivity index (χ0n) is 4.41. The van der Waals surface area contributed by atoms with Gasteiger partial charge in [0, 0.05) is 6.00 Å². The van der Waals surface area contributed by atoms with Crippen molar-refractivity contribution in [2.24, 2.45) is 0 Å². The minimum absolute atomic E-state index is 0.117. The van der Waals surface area contributed by atoms with Crippen molar-refractivity contribution >= 4 is 7.85 Å². The van der Waals surface area contributed by atoms with Crippen LogP contribution in [-0.2, 0) is 9.47 Å². The van der Waals surface area contributed by atoms with Crippen LogP contribution in [0.15, 0.2) is 0 Å². The Kier molecular flexibility index (Phi) is 1.88. The van der Waals surface area contributed by atoms with E-state index in [9.17, 15) is 0 Å². The highest BCUT2D eigenvalue weighted by Crippen LogP contribution is 2.06. The van der Waals surface area contributed by atoms with Gasteiger partial charge in [0.2, 0.25) is 0 Å². The van der Waals surface area contributed by atoms with Gasteiger partial charge in [0.25, 0.3) is 0 Å². The van der Waals surface area contributed by atoms with Crippen molar-refractivity contribution in [3.63, 3.8) is 0 Å². The Bertz CT molecular complexity index is 77.7. The molecule has 0 amide bonds. The molecule has 0 aromatic carbocycles. The number of hydrogen-bond donors (Lipinski definition) is 1. The molecule has 1 fully saturated rings. The minimum Gasteiger partial charge on any atom is -0.391 e. The van der Waals surface area contributed by atoms with Crippen molar-refractivity contribution in [3.8, 4) is 0 Å². The second-order valence-corrected chi connectivity index (χ2v) is 1.62. The predicted molar refractivity (Wildman–Crippen MR) is 27.5 cm³/mol. The summed E-state index contributed by atoms with van der Waals surface area (Å²) in [6, 6.07) is -0.354. The maximum Gasteiger partial charge on any atom is 0.180 e. The van der Waals surface area contributed by atoms with Crippen molar-refractivity contribution in [2.75, 3.05) is 13.2 Å². The molecule has 1 saturated heterocycles. The van der Waals surface area contributed by atoms with Crippen molar-refractivity contribution in [3.05, 3.63) is 0 Å². The molecule has 4 heteroatoms. The molecule has 0 aromatic heterocycles. The number of aliphatic hydroxyl groups excluding tert-OH is 1. The maximum absolute atomic E-state index is 8.38. The van der Waals surface area contributed by atoms with Crippen LogP contribution in [0.25, 0.3) is 0 Å². The first kappa shape index (κ1) is 6.07. The van der Waals surface area contributed by atoms with E-state index in [0.717, 1.165) is 0 Å². The highest BCUT2D eigenvalue weighted by molar-refractivity contribution is 6.11. The van der Waals surface area contributed by atoms with Crippen LogP contribution < -0.4 is 0 Å². The molecule has 0 aliphatic carbocycles. The molecule has 1 aliphatic heterocycles. The molecule has 1 aliphatic rings. The van der Waals surface area contributed by atoms with Gasteiger partial charge in [-0.25, -0.2) is 0 Å². The Hall–Kier alpha value is -0.0551. The van der Waals surface area contributed by atoms with Crippen LogP contribution in [0.1, 0.15) is 0 Å². The summed E-state index contributed by atoms with van der Waals surface area (Å²) in [4.78, 5) is 0. The van der Waals surface area contributed by atoms with Crippen molar-refractivity contribution in [2.45, 2.75) is 12.3 Å². The summed E-state index contributed by atoms with van der Waals surface area (Å²) in [6.45, 7) is 0.263. The zero-order valence-corrected chi connectivity index (χ0v) is 4.41. The second kappa shape index (κ2) is 2.48. The van der Waals surface area contributed by atoms with E-state index < -0.39 is 6.29 Å². The van der Waals surface area contributed by atoms with Gasteiger partial charge in [0.05, 0.1) is 13.2 Å². The standard InChI is InChI=1S/C4H7BO3/c5-3-2-7-4(1-6)8-3/h3-4,6H,1-2H2/t3-,4?/m0/s1. The van der Waals surface area contributed by atoms with Crippen molar-refractivity contribution < 1.29 is 14.6 Å². The predicted octanol–water partition coefficient (Wildman–Crippen LogP) is -1.15. The normalized spacial score (nSPS) is 38.1. The highest BCUT2D eigenvalue weighted by atomic mass is 16.7. The fourth-order valence-electron chi connectivity index (χ4n) is 0.571. The fourth-order valence-corrected chi connectivity index (χ4v) is 0.571. The molecular formula is C4H7BO3. The van der Waals surface area contributed by atoms with Crippen LogP contribution in [0.5, 0.6) is 0 Å². The molecule has 2 radical (unpaired) electrons. The van der Waals surface area contributed by atoms with Crippen molar-refractivity contribution in [1.82, 2.24) is 0 Å². The van der Waals surface area contributed by atoms with Gasteiger partial charge < -0.3 is 14.6 Å². The summed E-state index contributed by atoms with van der Waals surface area (Å²) >= 11 is 0. The van der Waals surface area contributed by atoms with Crippen LogP contribution in [0.2, 0.25) is 0 Å². The molecular weight excluding hydrogens is 107 g/mol. The summed E-state index contributed by atoms with van der Waals surface area (Å²) in [5.41, 5.74) is 0. The van der Waals surface area contributed by atoms with E-state index >= 15 is 0 Å². The van der Waals surface area contributed by atoms with Crippen LogP contribution in [0.4, 0.5) is 0 Å². The Morgan fingerprint density at radius 3 is 2.75 bits per heavy atom. The largest absolute Gasteiger partial charge is 0.391 e. The van der Waals surface area contributed by atoms with Gasteiger partial charge in [-0.15, -0.1) is 0 Å². The van der Waals surface area contributed by atoms with Crippen LogP contribution in [0, 0.1) is 0 Å². The van der Waals surface area contributed by atoms with Gasteiger partial charge in [0.1, 0.15) is 7.85 Å². The molecule has 1 N–H and O–H groups in total. The highest BCUT2D eigenvalue weighted by Gasteiger charge is 2.20. The van der Waals surface area contributed by atoms with Gasteiger partial charge in [-0.3, -0.25) is 0 Å². The fraction of sp³-hybridized carbons (Fsp3) is 1.00. The summed E-state index contributed by atoms with van der Waals surface area (Å²) in [5, 5.41) is 8.38. The topological polar surface area (TPSA) is 38.7 Å². The zero-order chi connectivity index (χ0) is 5.98. The molecule has 8 heavy (non-hydrogen) atoms. The van der Waals surface area contributed by atoms with Gasteiger partial charge in [-0.05, 0) is 0 Å². The van der Waals surface area contributed by atoms with E-state index in [1.54, 1.807) is 0 Å². The number of aliphatic hydroxyl groups is 1. The SMILES string of the molecule is [B][C@@H]1COC(CO)O1. The Morgan fingerprint density at radius 1 is 1.75 bits per heavy atom.